The predicted molar refractivity (Wildman–Crippen MR) is 61.7 cm³/mol. The maximum absolute atomic E-state index is 8.34. The van der Waals surface area contributed by atoms with E-state index in [0.29, 0.717) is 10.7 Å². The third-order valence-electron chi connectivity index (χ3n) is 1.67. The largest absolute Gasteiger partial charge is 0.411 e. The highest BCUT2D eigenvalue weighted by Crippen LogP contribution is 2.09. The second kappa shape index (κ2) is 5.05. The van der Waals surface area contributed by atoms with Crippen molar-refractivity contribution in [3.8, 4) is 11.8 Å². The van der Waals surface area contributed by atoms with Crippen molar-refractivity contribution in [2.45, 2.75) is 0 Å². The van der Waals surface area contributed by atoms with Gasteiger partial charge in [-0.05, 0) is 24.0 Å². The maximum atomic E-state index is 8.34. The Labute approximate surface area is 96.3 Å². The highest BCUT2D eigenvalue weighted by atomic mass is 32.1. The fraction of sp³-hybridized carbons (Fsp3) is 0. The van der Waals surface area contributed by atoms with Crippen LogP contribution >= 0.6 is 11.3 Å². The van der Waals surface area contributed by atoms with Crippen molar-refractivity contribution in [1.29, 1.82) is 0 Å². The van der Waals surface area contributed by atoms with Crippen molar-refractivity contribution in [3.63, 3.8) is 0 Å². The molecule has 0 fully saturated rings. The van der Waals surface area contributed by atoms with Crippen molar-refractivity contribution >= 4 is 17.6 Å². The molecule has 0 aromatic carbocycles. The van der Waals surface area contributed by atoms with Crippen molar-refractivity contribution in [1.82, 2.24) is 9.97 Å². The van der Waals surface area contributed by atoms with Gasteiger partial charge >= 0.3 is 0 Å². The van der Waals surface area contributed by atoms with Gasteiger partial charge in [-0.15, -0.1) is 11.3 Å². The number of oxime groups is 1. The van der Waals surface area contributed by atoms with Crippen LogP contribution in [0.1, 0.15) is 15.6 Å². The van der Waals surface area contributed by atoms with E-state index in [2.05, 4.69) is 27.0 Å². The fourth-order valence-corrected chi connectivity index (χ4v) is 1.65. The Morgan fingerprint density at radius 3 is 3.00 bits per heavy atom. The molecule has 2 aromatic heterocycles. The van der Waals surface area contributed by atoms with Gasteiger partial charge in [0.05, 0.1) is 11.1 Å². The summed E-state index contributed by atoms with van der Waals surface area (Å²) in [6, 6.07) is 5.55. The SMILES string of the molecule is O/N=C\c1cnc(C#Cc2ccccn2)s1. The Bertz CT molecular complexity index is 551. The van der Waals surface area contributed by atoms with Gasteiger partial charge in [-0.1, -0.05) is 11.2 Å². The number of rotatable bonds is 1. The van der Waals surface area contributed by atoms with E-state index in [1.54, 1.807) is 12.4 Å². The van der Waals surface area contributed by atoms with Crippen LogP contribution in [0.15, 0.2) is 35.7 Å². The van der Waals surface area contributed by atoms with Crippen molar-refractivity contribution in [2.75, 3.05) is 0 Å². The van der Waals surface area contributed by atoms with E-state index >= 15 is 0 Å². The van der Waals surface area contributed by atoms with Gasteiger partial charge in [-0.25, -0.2) is 9.97 Å². The van der Waals surface area contributed by atoms with Crippen molar-refractivity contribution in [3.05, 3.63) is 46.2 Å². The standard InChI is InChI=1S/C11H7N3OS/c15-14-8-10-7-13-11(16-10)5-4-9-3-1-2-6-12-9/h1-3,6-8,15H/b14-8-. The number of pyridine rings is 1. The van der Waals surface area contributed by atoms with Gasteiger partial charge in [-0.3, -0.25) is 0 Å². The Kier molecular flexibility index (Phi) is 3.26. The molecule has 0 amide bonds. The molecule has 4 nitrogen and oxygen atoms in total. The highest BCUT2D eigenvalue weighted by Gasteiger charge is 1.95. The molecule has 0 unspecified atom stereocenters. The second-order valence-electron chi connectivity index (χ2n) is 2.78. The third-order valence-corrected chi connectivity index (χ3v) is 2.52. The minimum absolute atomic E-state index is 0.667. The summed E-state index contributed by atoms with van der Waals surface area (Å²) in [5, 5.41) is 11.9. The molecular weight excluding hydrogens is 222 g/mol. The minimum Gasteiger partial charge on any atom is -0.411 e. The van der Waals surface area contributed by atoms with Crippen LogP contribution in [-0.4, -0.2) is 21.4 Å². The van der Waals surface area contributed by atoms with Gasteiger partial charge in [0.2, 0.25) is 0 Å². The van der Waals surface area contributed by atoms with Crippen LogP contribution in [0.4, 0.5) is 0 Å². The lowest BCUT2D eigenvalue weighted by Gasteiger charge is -1.84. The van der Waals surface area contributed by atoms with E-state index in [1.807, 2.05) is 18.2 Å². The molecule has 2 aromatic rings. The zero-order valence-corrected chi connectivity index (χ0v) is 8.98. The molecular formula is C11H7N3OS. The lowest BCUT2D eigenvalue weighted by Crippen LogP contribution is -1.78. The summed E-state index contributed by atoms with van der Waals surface area (Å²) in [5.74, 6) is 5.79. The van der Waals surface area contributed by atoms with Gasteiger partial charge < -0.3 is 5.21 Å². The molecule has 0 atom stereocenters. The van der Waals surface area contributed by atoms with Crippen LogP contribution in [0.2, 0.25) is 0 Å². The Hall–Kier alpha value is -2.19. The second-order valence-corrected chi connectivity index (χ2v) is 3.84. The highest BCUT2D eigenvalue weighted by molar-refractivity contribution is 7.13. The lowest BCUT2D eigenvalue weighted by molar-refractivity contribution is 0.322. The number of aromatic nitrogens is 2. The van der Waals surface area contributed by atoms with E-state index in [0.717, 1.165) is 4.88 Å². The number of thiazole rings is 1. The first kappa shape index (κ1) is 10.3. The molecule has 5 heteroatoms. The van der Waals surface area contributed by atoms with Gasteiger partial charge in [-0.2, -0.15) is 0 Å². The summed E-state index contributed by atoms with van der Waals surface area (Å²) >= 11 is 1.35. The van der Waals surface area contributed by atoms with E-state index in [-0.39, 0.29) is 0 Å². The Morgan fingerprint density at radius 2 is 2.25 bits per heavy atom. The van der Waals surface area contributed by atoms with Crippen LogP contribution in [0, 0.1) is 11.8 Å². The summed E-state index contributed by atoms with van der Waals surface area (Å²) in [6.45, 7) is 0. The fourth-order valence-electron chi connectivity index (χ4n) is 1.02. The Balaban J connectivity index is 2.18. The summed E-state index contributed by atoms with van der Waals surface area (Å²) in [7, 11) is 0. The molecule has 0 bridgehead atoms. The molecule has 1 N–H and O–H groups in total. The molecule has 0 saturated carbocycles. The van der Waals surface area contributed by atoms with Gasteiger partial charge in [0, 0.05) is 12.4 Å². The average molecular weight is 229 g/mol. The van der Waals surface area contributed by atoms with E-state index < -0.39 is 0 Å². The molecule has 0 saturated heterocycles. The molecule has 0 spiro atoms. The van der Waals surface area contributed by atoms with E-state index in [1.165, 1.54) is 17.6 Å². The zero-order chi connectivity index (χ0) is 11.2. The quantitative estimate of drug-likeness (QED) is 0.351. The normalized spacial score (nSPS) is 10.0. The summed E-state index contributed by atoms with van der Waals surface area (Å²) in [6.07, 6.45) is 4.62. The first-order valence-corrected chi connectivity index (χ1v) is 5.26. The molecule has 0 radical (unpaired) electrons. The molecule has 0 aliphatic carbocycles. The molecule has 2 heterocycles. The molecule has 78 valence electrons. The third kappa shape index (κ3) is 2.65. The lowest BCUT2D eigenvalue weighted by atomic mass is 10.3. The molecule has 2 rings (SSSR count). The Morgan fingerprint density at radius 1 is 1.31 bits per heavy atom. The van der Waals surface area contributed by atoms with E-state index in [9.17, 15) is 0 Å². The topological polar surface area (TPSA) is 58.4 Å². The van der Waals surface area contributed by atoms with Crippen LogP contribution in [0.5, 0.6) is 0 Å². The molecule has 0 aliphatic heterocycles. The smallest absolute Gasteiger partial charge is 0.167 e. The summed E-state index contributed by atoms with van der Waals surface area (Å²) < 4.78 is 0. The average Bonchev–Trinajstić information content (AvgIpc) is 2.76. The van der Waals surface area contributed by atoms with Crippen LogP contribution in [0.3, 0.4) is 0 Å². The number of hydrogen-bond donors (Lipinski definition) is 1. The van der Waals surface area contributed by atoms with Gasteiger partial charge in [0.25, 0.3) is 0 Å². The van der Waals surface area contributed by atoms with Crippen molar-refractivity contribution in [2.24, 2.45) is 5.16 Å². The van der Waals surface area contributed by atoms with Crippen LogP contribution in [0.25, 0.3) is 0 Å². The monoisotopic (exact) mass is 229 g/mol. The molecule has 16 heavy (non-hydrogen) atoms. The van der Waals surface area contributed by atoms with Crippen LogP contribution in [-0.2, 0) is 0 Å². The van der Waals surface area contributed by atoms with E-state index in [4.69, 9.17) is 5.21 Å². The summed E-state index contributed by atoms with van der Waals surface area (Å²) in [4.78, 5) is 8.90. The maximum Gasteiger partial charge on any atom is 0.167 e. The van der Waals surface area contributed by atoms with Gasteiger partial charge in [0.1, 0.15) is 5.69 Å². The summed E-state index contributed by atoms with van der Waals surface area (Å²) in [5.41, 5.74) is 0.704. The zero-order valence-electron chi connectivity index (χ0n) is 8.16. The van der Waals surface area contributed by atoms with Crippen LogP contribution < -0.4 is 0 Å². The first-order chi connectivity index (χ1) is 7.88. The predicted octanol–water partition coefficient (Wildman–Crippen LogP) is 1.75. The first-order valence-electron chi connectivity index (χ1n) is 4.45. The van der Waals surface area contributed by atoms with Gasteiger partial charge in [0.15, 0.2) is 5.01 Å². The number of hydrogen-bond acceptors (Lipinski definition) is 5. The molecule has 0 aliphatic rings. The van der Waals surface area contributed by atoms with Crippen molar-refractivity contribution < 1.29 is 5.21 Å². The number of nitrogens with zero attached hydrogens (tertiary/aromatic N) is 3. The minimum atomic E-state index is 0.667.